The highest BCUT2D eigenvalue weighted by Gasteiger charge is 2.17. The van der Waals surface area contributed by atoms with Gasteiger partial charge in [-0.3, -0.25) is 14.9 Å². The van der Waals surface area contributed by atoms with E-state index >= 15 is 0 Å². The Kier molecular flexibility index (Phi) is 6.24. The van der Waals surface area contributed by atoms with Crippen LogP contribution in [0.2, 0.25) is 0 Å². The van der Waals surface area contributed by atoms with Crippen LogP contribution in [0.15, 0.2) is 29.2 Å². The Labute approximate surface area is 122 Å². The zero-order valence-electron chi connectivity index (χ0n) is 11.7. The second-order valence-electron chi connectivity index (χ2n) is 4.19. The number of carbonyl (C=O) groups excluding carboxylic acids is 3. The summed E-state index contributed by atoms with van der Waals surface area (Å²) in [6, 6.07) is 6.57. The van der Waals surface area contributed by atoms with E-state index in [0.29, 0.717) is 12.1 Å². The molecule has 5 nitrogen and oxygen atoms in total. The van der Waals surface area contributed by atoms with E-state index in [1.807, 2.05) is 6.07 Å². The van der Waals surface area contributed by atoms with Crippen molar-refractivity contribution in [3.63, 3.8) is 0 Å². The molecule has 0 fully saturated rings. The van der Waals surface area contributed by atoms with Gasteiger partial charge in [-0.05, 0) is 32.9 Å². The van der Waals surface area contributed by atoms with E-state index in [4.69, 9.17) is 0 Å². The van der Waals surface area contributed by atoms with Gasteiger partial charge >= 0.3 is 6.03 Å². The van der Waals surface area contributed by atoms with Gasteiger partial charge in [0.25, 0.3) is 0 Å². The quantitative estimate of drug-likeness (QED) is 0.645. The molecule has 0 heterocycles. The molecule has 1 atom stereocenters. The summed E-state index contributed by atoms with van der Waals surface area (Å²) in [7, 11) is 0. The molecule has 1 aromatic rings. The molecular weight excluding hydrogens is 276 g/mol. The van der Waals surface area contributed by atoms with Crippen molar-refractivity contribution in [3.05, 3.63) is 29.8 Å². The number of imide groups is 1. The van der Waals surface area contributed by atoms with Crippen LogP contribution in [0.3, 0.4) is 0 Å². The van der Waals surface area contributed by atoms with E-state index < -0.39 is 11.3 Å². The van der Waals surface area contributed by atoms with Crippen molar-refractivity contribution in [2.75, 3.05) is 6.54 Å². The number of hydrogen-bond donors (Lipinski definition) is 2. The average Bonchev–Trinajstić information content (AvgIpc) is 2.39. The van der Waals surface area contributed by atoms with E-state index in [0.717, 1.165) is 4.90 Å². The first kappa shape index (κ1) is 16.2. The molecule has 0 aliphatic rings. The maximum atomic E-state index is 11.8. The molecule has 3 amide bonds. The molecule has 2 N–H and O–H groups in total. The van der Waals surface area contributed by atoms with Crippen molar-refractivity contribution in [2.24, 2.45) is 0 Å². The molecule has 0 aromatic heterocycles. The number of thioether (sulfide) groups is 1. The van der Waals surface area contributed by atoms with Crippen LogP contribution in [0.4, 0.5) is 4.79 Å². The van der Waals surface area contributed by atoms with Gasteiger partial charge in [0.05, 0.1) is 5.25 Å². The summed E-state index contributed by atoms with van der Waals surface area (Å²) in [4.78, 5) is 35.2. The predicted molar refractivity (Wildman–Crippen MR) is 79.0 cm³/mol. The molecule has 0 spiro atoms. The van der Waals surface area contributed by atoms with Crippen LogP contribution >= 0.6 is 11.8 Å². The number of benzene rings is 1. The number of hydrogen-bond acceptors (Lipinski definition) is 4. The van der Waals surface area contributed by atoms with Crippen molar-refractivity contribution in [2.45, 2.75) is 30.9 Å². The van der Waals surface area contributed by atoms with Crippen LogP contribution in [0.1, 0.15) is 31.1 Å². The standard InChI is InChI=1S/C14H18N2O3S/c1-4-15-14(19)16-13(18)10(3)20-12-7-5-6-11(8-12)9(2)17/h5-8,10H,4H2,1-3H3,(H2,15,16,18,19). The number of amides is 3. The molecule has 6 heteroatoms. The summed E-state index contributed by atoms with van der Waals surface area (Å²) in [5.41, 5.74) is 0.603. The Morgan fingerprint density at radius 1 is 1.30 bits per heavy atom. The molecule has 20 heavy (non-hydrogen) atoms. The van der Waals surface area contributed by atoms with Crippen molar-refractivity contribution in [3.8, 4) is 0 Å². The van der Waals surface area contributed by atoms with Gasteiger partial charge in [-0.2, -0.15) is 0 Å². The van der Waals surface area contributed by atoms with Gasteiger partial charge in [-0.15, -0.1) is 11.8 Å². The van der Waals surface area contributed by atoms with Gasteiger partial charge in [0.1, 0.15) is 0 Å². The highest BCUT2D eigenvalue weighted by Crippen LogP contribution is 2.24. The van der Waals surface area contributed by atoms with Gasteiger partial charge in [0, 0.05) is 17.0 Å². The zero-order chi connectivity index (χ0) is 15.1. The fourth-order valence-electron chi connectivity index (χ4n) is 1.46. The zero-order valence-corrected chi connectivity index (χ0v) is 12.5. The largest absolute Gasteiger partial charge is 0.338 e. The Bertz CT molecular complexity index is 517. The topological polar surface area (TPSA) is 75.3 Å². The molecule has 0 bridgehead atoms. The minimum atomic E-state index is -0.498. The third-order valence-electron chi connectivity index (χ3n) is 2.50. The van der Waals surface area contributed by atoms with Gasteiger partial charge < -0.3 is 5.32 Å². The molecule has 1 aromatic carbocycles. The van der Waals surface area contributed by atoms with Crippen LogP contribution < -0.4 is 10.6 Å². The Hall–Kier alpha value is -1.82. The van der Waals surface area contributed by atoms with E-state index in [9.17, 15) is 14.4 Å². The average molecular weight is 294 g/mol. The normalized spacial score (nSPS) is 11.6. The second-order valence-corrected chi connectivity index (χ2v) is 5.61. The van der Waals surface area contributed by atoms with Crippen molar-refractivity contribution < 1.29 is 14.4 Å². The summed E-state index contributed by atoms with van der Waals surface area (Å²) in [5.74, 6) is -0.388. The summed E-state index contributed by atoms with van der Waals surface area (Å²) >= 11 is 1.30. The van der Waals surface area contributed by atoms with Crippen LogP contribution in [0.5, 0.6) is 0 Å². The maximum absolute atomic E-state index is 11.8. The van der Waals surface area contributed by atoms with E-state index in [-0.39, 0.29) is 11.7 Å². The van der Waals surface area contributed by atoms with Crippen LogP contribution in [-0.2, 0) is 4.79 Å². The number of nitrogens with one attached hydrogen (secondary N) is 2. The van der Waals surface area contributed by atoms with Crippen LogP contribution in [-0.4, -0.2) is 29.5 Å². The van der Waals surface area contributed by atoms with Crippen molar-refractivity contribution >= 4 is 29.5 Å². The Morgan fingerprint density at radius 3 is 2.60 bits per heavy atom. The first-order chi connectivity index (χ1) is 9.43. The minimum absolute atomic E-state index is 0.0214. The fraction of sp³-hybridized carbons (Fsp3) is 0.357. The van der Waals surface area contributed by atoms with E-state index in [1.54, 1.807) is 32.0 Å². The third-order valence-corrected chi connectivity index (χ3v) is 3.59. The third kappa shape index (κ3) is 5.05. The molecule has 0 saturated heterocycles. The lowest BCUT2D eigenvalue weighted by atomic mass is 10.2. The Morgan fingerprint density at radius 2 is 2.00 bits per heavy atom. The van der Waals surface area contributed by atoms with Gasteiger partial charge in [0.2, 0.25) is 5.91 Å². The Balaban J connectivity index is 2.63. The number of urea groups is 1. The number of rotatable bonds is 5. The molecule has 0 saturated carbocycles. The van der Waals surface area contributed by atoms with Gasteiger partial charge in [-0.1, -0.05) is 12.1 Å². The first-order valence-corrected chi connectivity index (χ1v) is 7.18. The summed E-state index contributed by atoms with van der Waals surface area (Å²) in [6.45, 7) is 5.44. The lowest BCUT2D eigenvalue weighted by Crippen LogP contribution is -2.42. The van der Waals surface area contributed by atoms with Crippen LogP contribution in [0.25, 0.3) is 0 Å². The number of Topliss-reactive ketones (excluding diaryl/α,β-unsaturated/α-hetero) is 1. The highest BCUT2D eigenvalue weighted by molar-refractivity contribution is 8.00. The lowest BCUT2D eigenvalue weighted by molar-refractivity contribution is -0.119. The monoisotopic (exact) mass is 294 g/mol. The minimum Gasteiger partial charge on any atom is -0.338 e. The van der Waals surface area contributed by atoms with Gasteiger partial charge in [-0.25, -0.2) is 4.79 Å². The SMILES string of the molecule is CCNC(=O)NC(=O)C(C)Sc1cccc(C(C)=O)c1. The summed E-state index contributed by atoms with van der Waals surface area (Å²) in [6.07, 6.45) is 0. The maximum Gasteiger partial charge on any atom is 0.321 e. The smallest absolute Gasteiger partial charge is 0.321 e. The summed E-state index contributed by atoms with van der Waals surface area (Å²) in [5, 5.41) is 4.33. The first-order valence-electron chi connectivity index (χ1n) is 6.30. The fourth-order valence-corrected chi connectivity index (χ4v) is 2.39. The molecule has 0 radical (unpaired) electrons. The molecule has 0 aliphatic carbocycles. The predicted octanol–water partition coefficient (Wildman–Crippen LogP) is 2.22. The molecular formula is C14H18N2O3S. The second kappa shape index (κ2) is 7.69. The summed E-state index contributed by atoms with van der Waals surface area (Å²) < 4.78 is 0. The number of carbonyl (C=O) groups is 3. The van der Waals surface area contributed by atoms with Crippen LogP contribution in [0, 0.1) is 0 Å². The van der Waals surface area contributed by atoms with Crippen molar-refractivity contribution in [1.82, 2.24) is 10.6 Å². The highest BCUT2D eigenvalue weighted by atomic mass is 32.2. The van der Waals surface area contributed by atoms with Crippen molar-refractivity contribution in [1.29, 1.82) is 0 Å². The molecule has 108 valence electrons. The molecule has 1 rings (SSSR count). The number of ketones is 1. The van der Waals surface area contributed by atoms with Gasteiger partial charge in [0.15, 0.2) is 5.78 Å². The molecule has 1 unspecified atom stereocenters. The lowest BCUT2D eigenvalue weighted by Gasteiger charge is -2.11. The van der Waals surface area contributed by atoms with E-state index in [2.05, 4.69) is 10.6 Å². The van der Waals surface area contributed by atoms with E-state index in [1.165, 1.54) is 18.7 Å². The molecule has 0 aliphatic heterocycles.